The summed E-state index contributed by atoms with van der Waals surface area (Å²) in [5, 5.41) is 13.4. The Labute approximate surface area is 150 Å². The number of halogens is 1. The molecule has 0 saturated carbocycles. The average molecular weight is 358 g/mol. The molecule has 136 valence electrons. The van der Waals surface area contributed by atoms with Gasteiger partial charge in [0.1, 0.15) is 11.6 Å². The van der Waals surface area contributed by atoms with E-state index in [1.165, 1.54) is 36.4 Å². The lowest BCUT2D eigenvalue weighted by Crippen LogP contribution is -2.22. The molecular formula is C19H19FN2O4. The van der Waals surface area contributed by atoms with Gasteiger partial charge in [0, 0.05) is 24.8 Å². The number of ether oxygens (including phenoxy) is 1. The van der Waals surface area contributed by atoms with E-state index in [1.54, 1.807) is 24.3 Å². The predicted molar refractivity (Wildman–Crippen MR) is 96.3 cm³/mol. The number of unbranched alkanes of at least 4 members (excludes halogenated alkanes) is 1. The topological polar surface area (TPSA) is 81.5 Å². The monoisotopic (exact) mass is 358 g/mol. The Kier molecular flexibility index (Phi) is 7.30. The maximum Gasteiger partial charge on any atom is 0.270 e. The van der Waals surface area contributed by atoms with Crippen LogP contribution in [0.25, 0.3) is 6.08 Å². The van der Waals surface area contributed by atoms with Crippen LogP contribution in [-0.2, 0) is 4.79 Å². The van der Waals surface area contributed by atoms with Crippen LogP contribution in [0.3, 0.4) is 0 Å². The molecule has 0 bridgehead atoms. The van der Waals surface area contributed by atoms with Gasteiger partial charge in [-0.25, -0.2) is 4.39 Å². The van der Waals surface area contributed by atoms with Crippen molar-refractivity contribution in [3.05, 3.63) is 76.1 Å². The van der Waals surface area contributed by atoms with Crippen molar-refractivity contribution in [2.75, 3.05) is 13.2 Å². The molecule has 0 radical (unpaired) electrons. The summed E-state index contributed by atoms with van der Waals surface area (Å²) in [5.41, 5.74) is 0.566. The number of rotatable bonds is 9. The lowest BCUT2D eigenvalue weighted by atomic mass is 10.2. The SMILES string of the molecule is O=C(/C=C/c1cccc([N+](=O)[O-])c1)NCCCCOc1ccc(F)cc1. The fourth-order valence-corrected chi connectivity index (χ4v) is 2.13. The number of nitro groups is 1. The number of nitro benzene ring substituents is 1. The molecule has 6 nitrogen and oxygen atoms in total. The van der Waals surface area contributed by atoms with Gasteiger partial charge >= 0.3 is 0 Å². The van der Waals surface area contributed by atoms with Crippen LogP contribution in [0.5, 0.6) is 5.75 Å². The van der Waals surface area contributed by atoms with Crippen molar-refractivity contribution in [3.8, 4) is 5.75 Å². The minimum atomic E-state index is -0.481. The van der Waals surface area contributed by atoms with Crippen molar-refractivity contribution in [1.29, 1.82) is 0 Å². The zero-order valence-electron chi connectivity index (χ0n) is 14.1. The van der Waals surface area contributed by atoms with Crippen LogP contribution in [0.1, 0.15) is 18.4 Å². The summed E-state index contributed by atoms with van der Waals surface area (Å²) in [6.45, 7) is 0.968. The minimum absolute atomic E-state index is 0.0197. The van der Waals surface area contributed by atoms with Gasteiger partial charge in [-0.2, -0.15) is 0 Å². The molecule has 0 heterocycles. The van der Waals surface area contributed by atoms with Crippen molar-refractivity contribution >= 4 is 17.7 Å². The van der Waals surface area contributed by atoms with Gasteiger partial charge in [-0.1, -0.05) is 12.1 Å². The van der Waals surface area contributed by atoms with Gasteiger partial charge in [-0.15, -0.1) is 0 Å². The summed E-state index contributed by atoms with van der Waals surface area (Å²) in [6, 6.07) is 11.8. The van der Waals surface area contributed by atoms with E-state index in [0.29, 0.717) is 24.5 Å². The third-order valence-electron chi connectivity index (χ3n) is 3.46. The van der Waals surface area contributed by atoms with Crippen molar-refractivity contribution < 1.29 is 18.8 Å². The molecule has 0 atom stereocenters. The number of benzene rings is 2. The van der Waals surface area contributed by atoms with Crippen LogP contribution in [0.4, 0.5) is 10.1 Å². The van der Waals surface area contributed by atoms with Crippen LogP contribution in [-0.4, -0.2) is 24.0 Å². The van der Waals surface area contributed by atoms with E-state index in [-0.39, 0.29) is 17.4 Å². The van der Waals surface area contributed by atoms with Crippen molar-refractivity contribution in [2.24, 2.45) is 0 Å². The molecule has 2 rings (SSSR count). The summed E-state index contributed by atoms with van der Waals surface area (Å²) in [4.78, 5) is 21.9. The second kappa shape index (κ2) is 9.93. The molecule has 0 aromatic heterocycles. The molecule has 0 saturated heterocycles. The zero-order chi connectivity index (χ0) is 18.8. The molecule has 2 aromatic carbocycles. The van der Waals surface area contributed by atoms with Gasteiger partial charge in [0.15, 0.2) is 0 Å². The number of carbonyl (C=O) groups is 1. The average Bonchev–Trinajstić information content (AvgIpc) is 2.64. The Balaban J connectivity index is 1.63. The molecule has 1 N–H and O–H groups in total. The first-order valence-corrected chi connectivity index (χ1v) is 8.13. The molecule has 2 aromatic rings. The van der Waals surface area contributed by atoms with Crippen molar-refractivity contribution in [3.63, 3.8) is 0 Å². The first-order chi connectivity index (χ1) is 12.5. The van der Waals surface area contributed by atoms with E-state index in [2.05, 4.69) is 5.32 Å². The lowest BCUT2D eigenvalue weighted by Gasteiger charge is -2.06. The van der Waals surface area contributed by atoms with Crippen molar-refractivity contribution in [2.45, 2.75) is 12.8 Å². The summed E-state index contributed by atoms with van der Waals surface area (Å²) in [5.74, 6) is 0.0320. The highest BCUT2D eigenvalue weighted by Crippen LogP contribution is 2.14. The summed E-state index contributed by atoms with van der Waals surface area (Å²) >= 11 is 0. The Morgan fingerprint density at radius 2 is 1.96 bits per heavy atom. The molecule has 0 spiro atoms. The van der Waals surface area contributed by atoms with Crippen LogP contribution in [0, 0.1) is 15.9 Å². The highest BCUT2D eigenvalue weighted by Gasteiger charge is 2.04. The Hall–Kier alpha value is -3.22. The van der Waals surface area contributed by atoms with Crippen molar-refractivity contribution in [1.82, 2.24) is 5.32 Å². The van der Waals surface area contributed by atoms with E-state index >= 15 is 0 Å². The number of nitrogens with zero attached hydrogens (tertiary/aromatic N) is 1. The quantitative estimate of drug-likeness (QED) is 0.321. The molecule has 1 amide bonds. The van der Waals surface area contributed by atoms with Gasteiger partial charge < -0.3 is 10.1 Å². The number of hydrogen-bond donors (Lipinski definition) is 1. The van der Waals surface area contributed by atoms with E-state index in [4.69, 9.17) is 4.74 Å². The summed E-state index contributed by atoms with van der Waals surface area (Å²) in [6.07, 6.45) is 4.35. The Bertz CT molecular complexity index is 775. The summed E-state index contributed by atoms with van der Waals surface area (Å²) in [7, 11) is 0. The zero-order valence-corrected chi connectivity index (χ0v) is 14.1. The third kappa shape index (κ3) is 6.72. The summed E-state index contributed by atoms with van der Waals surface area (Å²) < 4.78 is 18.2. The van der Waals surface area contributed by atoms with Gasteiger partial charge in [0.2, 0.25) is 5.91 Å². The smallest absolute Gasteiger partial charge is 0.270 e. The second-order valence-electron chi connectivity index (χ2n) is 5.49. The molecule has 0 aliphatic carbocycles. The largest absolute Gasteiger partial charge is 0.494 e. The fraction of sp³-hybridized carbons (Fsp3) is 0.211. The number of amides is 1. The van der Waals surface area contributed by atoms with Crippen LogP contribution < -0.4 is 10.1 Å². The van der Waals surface area contributed by atoms with Crippen LogP contribution in [0.2, 0.25) is 0 Å². The fourth-order valence-electron chi connectivity index (χ4n) is 2.13. The highest BCUT2D eigenvalue weighted by molar-refractivity contribution is 5.91. The molecule has 0 unspecified atom stereocenters. The predicted octanol–water partition coefficient (Wildman–Crippen LogP) is 3.72. The number of nitrogens with one attached hydrogen (secondary N) is 1. The minimum Gasteiger partial charge on any atom is -0.494 e. The molecule has 26 heavy (non-hydrogen) atoms. The Morgan fingerprint density at radius 3 is 2.69 bits per heavy atom. The molecule has 0 aliphatic rings. The Morgan fingerprint density at radius 1 is 1.19 bits per heavy atom. The van der Waals surface area contributed by atoms with E-state index < -0.39 is 4.92 Å². The van der Waals surface area contributed by atoms with Gasteiger partial charge in [0.05, 0.1) is 11.5 Å². The first-order valence-electron chi connectivity index (χ1n) is 8.13. The number of non-ortho nitro benzene ring substituents is 1. The molecule has 0 aliphatic heterocycles. The van der Waals surface area contributed by atoms with Gasteiger partial charge in [-0.3, -0.25) is 14.9 Å². The van der Waals surface area contributed by atoms with Gasteiger partial charge in [-0.05, 0) is 48.7 Å². The van der Waals surface area contributed by atoms with Crippen LogP contribution in [0.15, 0.2) is 54.6 Å². The molecule has 7 heteroatoms. The molecule has 0 fully saturated rings. The maximum absolute atomic E-state index is 12.7. The third-order valence-corrected chi connectivity index (χ3v) is 3.46. The first kappa shape index (κ1) is 19.1. The molecular weight excluding hydrogens is 339 g/mol. The van der Waals surface area contributed by atoms with E-state index in [1.807, 2.05) is 0 Å². The second-order valence-corrected chi connectivity index (χ2v) is 5.49. The maximum atomic E-state index is 12.7. The van der Waals surface area contributed by atoms with E-state index in [9.17, 15) is 19.3 Å². The lowest BCUT2D eigenvalue weighted by molar-refractivity contribution is -0.384. The highest BCUT2D eigenvalue weighted by atomic mass is 19.1. The standard InChI is InChI=1S/C19H19FN2O4/c20-16-7-9-18(10-8-16)26-13-2-1-12-21-19(23)11-6-15-4-3-5-17(14-15)22(24)25/h3-11,14H,1-2,12-13H2,(H,21,23)/b11-6+. The van der Waals surface area contributed by atoms with Gasteiger partial charge in [0.25, 0.3) is 5.69 Å². The normalized spacial score (nSPS) is 10.7. The number of carbonyl (C=O) groups excluding carboxylic acids is 1. The van der Waals surface area contributed by atoms with Crippen LogP contribution >= 0.6 is 0 Å². The number of hydrogen-bond acceptors (Lipinski definition) is 4. The van der Waals surface area contributed by atoms with E-state index in [0.717, 1.165) is 12.8 Å².